The molecule has 0 radical (unpaired) electrons. The Bertz CT molecular complexity index is 769. The quantitative estimate of drug-likeness (QED) is 0.752. The second-order valence-electron chi connectivity index (χ2n) is 4.32. The van der Waals surface area contributed by atoms with E-state index < -0.39 is 0 Å². The third-order valence-electron chi connectivity index (χ3n) is 3.04. The first-order valence-electron chi connectivity index (χ1n) is 6.18. The lowest BCUT2D eigenvalue weighted by Gasteiger charge is -2.11. The third kappa shape index (κ3) is 2.41. The predicted molar refractivity (Wildman–Crippen MR) is 80.6 cm³/mol. The fourth-order valence-electron chi connectivity index (χ4n) is 2.06. The summed E-state index contributed by atoms with van der Waals surface area (Å²) in [5.74, 6) is 1.12. The molecule has 106 valence electrons. The predicted octanol–water partition coefficient (Wildman–Crippen LogP) is 2.57. The Hall–Kier alpha value is -2.60. The summed E-state index contributed by atoms with van der Waals surface area (Å²) < 4.78 is 6.94. The number of hydrogen-bond acceptors (Lipinski definition) is 5. The lowest BCUT2D eigenvalue weighted by Crippen LogP contribution is -2.03. The van der Waals surface area contributed by atoms with Crippen LogP contribution in [-0.4, -0.2) is 27.3 Å². The Morgan fingerprint density at radius 1 is 1.14 bits per heavy atom. The van der Waals surface area contributed by atoms with Crippen LogP contribution in [-0.2, 0) is 0 Å². The van der Waals surface area contributed by atoms with Crippen molar-refractivity contribution < 1.29 is 4.74 Å². The number of hydrogen-bond donors (Lipinski definition) is 1. The molecule has 7 heteroatoms. The standard InChI is InChI=1S/C14H12ClN5O/c1-21-12-4-2-3-11(16)13(12)14-17-18-19-20(14)10-7-5-9(15)6-8-10/h2-8H,16H2,1H3. The topological polar surface area (TPSA) is 78.8 Å². The van der Waals surface area contributed by atoms with Crippen molar-refractivity contribution in [1.82, 2.24) is 20.2 Å². The van der Waals surface area contributed by atoms with Crippen LogP contribution in [0.1, 0.15) is 0 Å². The van der Waals surface area contributed by atoms with Crippen molar-refractivity contribution in [1.29, 1.82) is 0 Å². The number of nitrogens with two attached hydrogens (primary N) is 1. The van der Waals surface area contributed by atoms with Crippen molar-refractivity contribution in [3.8, 4) is 22.8 Å². The molecule has 2 N–H and O–H groups in total. The smallest absolute Gasteiger partial charge is 0.192 e. The summed E-state index contributed by atoms with van der Waals surface area (Å²) in [5, 5.41) is 12.5. The minimum atomic E-state index is 0.507. The summed E-state index contributed by atoms with van der Waals surface area (Å²) in [6.07, 6.45) is 0. The highest BCUT2D eigenvalue weighted by molar-refractivity contribution is 6.30. The summed E-state index contributed by atoms with van der Waals surface area (Å²) in [4.78, 5) is 0. The molecule has 1 aromatic heterocycles. The molecule has 0 aliphatic heterocycles. The number of halogens is 1. The van der Waals surface area contributed by atoms with E-state index in [0.717, 1.165) is 5.69 Å². The van der Waals surface area contributed by atoms with Crippen molar-refractivity contribution in [3.63, 3.8) is 0 Å². The molecule has 0 saturated heterocycles. The highest BCUT2D eigenvalue weighted by Crippen LogP contribution is 2.34. The second kappa shape index (κ2) is 5.41. The van der Waals surface area contributed by atoms with E-state index in [-0.39, 0.29) is 0 Å². The van der Waals surface area contributed by atoms with Gasteiger partial charge in [-0.1, -0.05) is 17.7 Å². The maximum Gasteiger partial charge on any atom is 0.192 e. The zero-order valence-corrected chi connectivity index (χ0v) is 11.9. The van der Waals surface area contributed by atoms with Crippen LogP contribution in [0.3, 0.4) is 0 Å². The molecule has 0 aliphatic carbocycles. The van der Waals surface area contributed by atoms with Gasteiger partial charge in [-0.25, -0.2) is 0 Å². The molecule has 3 rings (SSSR count). The molecule has 3 aromatic rings. The van der Waals surface area contributed by atoms with Crippen molar-refractivity contribution in [2.75, 3.05) is 12.8 Å². The normalized spacial score (nSPS) is 10.6. The first-order chi connectivity index (χ1) is 10.2. The van der Waals surface area contributed by atoms with Crippen LogP contribution >= 0.6 is 11.6 Å². The molecule has 0 unspecified atom stereocenters. The van der Waals surface area contributed by atoms with E-state index in [1.54, 1.807) is 30.0 Å². The highest BCUT2D eigenvalue weighted by Gasteiger charge is 2.17. The van der Waals surface area contributed by atoms with Gasteiger partial charge >= 0.3 is 0 Å². The van der Waals surface area contributed by atoms with Crippen LogP contribution in [0.5, 0.6) is 5.75 Å². The molecule has 21 heavy (non-hydrogen) atoms. The first-order valence-corrected chi connectivity index (χ1v) is 6.55. The zero-order chi connectivity index (χ0) is 14.8. The van der Waals surface area contributed by atoms with Gasteiger partial charge in [0.15, 0.2) is 5.82 Å². The Kier molecular flexibility index (Phi) is 3.45. The van der Waals surface area contributed by atoms with Crippen molar-refractivity contribution in [3.05, 3.63) is 47.5 Å². The van der Waals surface area contributed by atoms with Gasteiger partial charge in [-0.15, -0.1) is 5.10 Å². The molecule has 0 bridgehead atoms. The van der Waals surface area contributed by atoms with E-state index in [0.29, 0.717) is 27.8 Å². The summed E-state index contributed by atoms with van der Waals surface area (Å²) >= 11 is 5.90. The van der Waals surface area contributed by atoms with Gasteiger partial charge in [-0.05, 0) is 46.8 Å². The monoisotopic (exact) mass is 301 g/mol. The fraction of sp³-hybridized carbons (Fsp3) is 0.0714. The van der Waals surface area contributed by atoms with Gasteiger partial charge < -0.3 is 10.5 Å². The van der Waals surface area contributed by atoms with Gasteiger partial charge in [-0.2, -0.15) is 4.68 Å². The highest BCUT2D eigenvalue weighted by atomic mass is 35.5. The summed E-state index contributed by atoms with van der Waals surface area (Å²) in [6, 6.07) is 12.6. The third-order valence-corrected chi connectivity index (χ3v) is 3.29. The van der Waals surface area contributed by atoms with Crippen molar-refractivity contribution in [2.24, 2.45) is 0 Å². The number of tetrazole rings is 1. The van der Waals surface area contributed by atoms with Gasteiger partial charge in [0.1, 0.15) is 5.75 Å². The Morgan fingerprint density at radius 2 is 1.90 bits per heavy atom. The van der Waals surface area contributed by atoms with Crippen LogP contribution < -0.4 is 10.5 Å². The molecule has 0 aliphatic rings. The molecule has 0 atom stereocenters. The van der Waals surface area contributed by atoms with Crippen molar-refractivity contribution in [2.45, 2.75) is 0 Å². The average molecular weight is 302 g/mol. The van der Waals surface area contributed by atoms with Crippen LogP contribution in [0, 0.1) is 0 Å². The number of aromatic nitrogens is 4. The number of rotatable bonds is 3. The largest absolute Gasteiger partial charge is 0.496 e. The molecular formula is C14H12ClN5O. The van der Waals surface area contributed by atoms with E-state index in [2.05, 4.69) is 15.5 Å². The molecule has 2 aromatic carbocycles. The SMILES string of the molecule is COc1cccc(N)c1-c1nnnn1-c1ccc(Cl)cc1. The van der Waals surface area contributed by atoms with Gasteiger partial charge in [0, 0.05) is 10.7 Å². The number of ether oxygens (including phenoxy) is 1. The van der Waals surface area contributed by atoms with Gasteiger partial charge in [-0.3, -0.25) is 0 Å². The Morgan fingerprint density at radius 3 is 2.62 bits per heavy atom. The lowest BCUT2D eigenvalue weighted by atomic mass is 10.1. The van der Waals surface area contributed by atoms with Crippen LogP contribution in [0.2, 0.25) is 5.02 Å². The maximum absolute atomic E-state index is 6.05. The van der Waals surface area contributed by atoms with Crippen LogP contribution in [0.25, 0.3) is 17.1 Å². The molecule has 0 amide bonds. The maximum atomic E-state index is 6.05. The van der Waals surface area contributed by atoms with E-state index >= 15 is 0 Å². The van der Waals surface area contributed by atoms with E-state index in [4.69, 9.17) is 22.1 Å². The van der Waals surface area contributed by atoms with Gasteiger partial charge in [0.05, 0.1) is 18.4 Å². The van der Waals surface area contributed by atoms with Crippen molar-refractivity contribution >= 4 is 17.3 Å². The minimum Gasteiger partial charge on any atom is -0.496 e. The van der Waals surface area contributed by atoms with E-state index in [1.165, 1.54) is 0 Å². The Balaban J connectivity index is 2.18. The first kappa shape index (κ1) is 13.4. The van der Waals surface area contributed by atoms with Crippen LogP contribution in [0.15, 0.2) is 42.5 Å². The van der Waals surface area contributed by atoms with Gasteiger partial charge in [0.2, 0.25) is 0 Å². The van der Waals surface area contributed by atoms with E-state index in [9.17, 15) is 0 Å². The van der Waals surface area contributed by atoms with Gasteiger partial charge in [0.25, 0.3) is 0 Å². The summed E-state index contributed by atoms with van der Waals surface area (Å²) in [6.45, 7) is 0. The number of anilines is 1. The number of methoxy groups -OCH3 is 1. The second-order valence-corrected chi connectivity index (χ2v) is 4.75. The fourth-order valence-corrected chi connectivity index (χ4v) is 2.18. The molecule has 6 nitrogen and oxygen atoms in total. The van der Waals surface area contributed by atoms with E-state index in [1.807, 2.05) is 24.3 Å². The number of benzene rings is 2. The lowest BCUT2D eigenvalue weighted by molar-refractivity contribution is 0.416. The van der Waals surface area contributed by atoms with Crippen LogP contribution in [0.4, 0.5) is 5.69 Å². The minimum absolute atomic E-state index is 0.507. The molecule has 0 spiro atoms. The molecular weight excluding hydrogens is 290 g/mol. The summed E-state index contributed by atoms with van der Waals surface area (Å²) in [5.41, 5.74) is 8.03. The average Bonchev–Trinajstić information content (AvgIpc) is 2.96. The zero-order valence-electron chi connectivity index (χ0n) is 11.2. The summed E-state index contributed by atoms with van der Waals surface area (Å²) in [7, 11) is 1.58. The molecule has 0 fully saturated rings. The molecule has 0 saturated carbocycles. The molecule has 1 heterocycles. The number of nitrogen functional groups attached to an aromatic ring is 1. The number of nitrogens with zero attached hydrogens (tertiary/aromatic N) is 4. The Labute approximate surface area is 126 Å².